The first-order valence-corrected chi connectivity index (χ1v) is 9.18. The maximum atomic E-state index is 12.6. The van der Waals surface area contributed by atoms with E-state index in [1.807, 2.05) is 12.2 Å². The lowest BCUT2D eigenvalue weighted by atomic mass is 9.85. The molecule has 0 bridgehead atoms. The van der Waals surface area contributed by atoms with Gasteiger partial charge in [-0.15, -0.1) is 0 Å². The number of hydrogen-bond acceptors (Lipinski definition) is 4. The molecule has 6 heteroatoms. The molecule has 6 nitrogen and oxygen atoms in total. The van der Waals surface area contributed by atoms with Crippen LogP contribution in [0, 0.1) is 11.8 Å². The van der Waals surface area contributed by atoms with Crippen LogP contribution in [0.2, 0.25) is 0 Å². The first-order valence-electron chi connectivity index (χ1n) is 9.18. The standard InChI is InChI=1S/C20H22N2O4/c23-18(21-12-15-4-3-11-26-15)13-7-9-14(10-8-13)22-19(24)16-5-1-2-6-17(16)20(22)25/h1-2,7-10,15-17H,3-6,11-12H2,(H,21,23)/t15-,16-,17+/m1/s1. The first kappa shape index (κ1) is 17.0. The largest absolute Gasteiger partial charge is 0.376 e. The van der Waals surface area contributed by atoms with E-state index in [4.69, 9.17) is 4.74 Å². The smallest absolute Gasteiger partial charge is 0.251 e. The van der Waals surface area contributed by atoms with Crippen molar-refractivity contribution in [2.24, 2.45) is 11.8 Å². The Balaban J connectivity index is 1.43. The van der Waals surface area contributed by atoms with E-state index in [0.29, 0.717) is 30.6 Å². The summed E-state index contributed by atoms with van der Waals surface area (Å²) in [7, 11) is 0. The van der Waals surface area contributed by atoms with Gasteiger partial charge in [-0.3, -0.25) is 19.3 Å². The highest BCUT2D eigenvalue weighted by Crippen LogP contribution is 2.37. The van der Waals surface area contributed by atoms with Crippen molar-refractivity contribution in [3.63, 3.8) is 0 Å². The van der Waals surface area contributed by atoms with E-state index >= 15 is 0 Å². The van der Waals surface area contributed by atoms with Crippen molar-refractivity contribution in [1.29, 1.82) is 0 Å². The second-order valence-electron chi connectivity index (χ2n) is 7.06. The van der Waals surface area contributed by atoms with Crippen LogP contribution in [-0.2, 0) is 14.3 Å². The third kappa shape index (κ3) is 3.05. The fourth-order valence-corrected chi connectivity index (χ4v) is 3.93. The highest BCUT2D eigenvalue weighted by atomic mass is 16.5. The molecular weight excluding hydrogens is 332 g/mol. The Labute approximate surface area is 152 Å². The minimum atomic E-state index is -0.248. The third-order valence-corrected chi connectivity index (χ3v) is 5.41. The fourth-order valence-electron chi connectivity index (χ4n) is 3.93. The Morgan fingerprint density at radius 3 is 2.31 bits per heavy atom. The van der Waals surface area contributed by atoms with Crippen molar-refractivity contribution in [1.82, 2.24) is 5.32 Å². The molecule has 1 aromatic carbocycles. The lowest BCUT2D eigenvalue weighted by Gasteiger charge is -2.15. The van der Waals surface area contributed by atoms with Crippen LogP contribution >= 0.6 is 0 Å². The summed E-state index contributed by atoms with van der Waals surface area (Å²) in [6, 6.07) is 6.64. The van der Waals surface area contributed by atoms with Gasteiger partial charge in [0.15, 0.2) is 0 Å². The van der Waals surface area contributed by atoms with Gasteiger partial charge in [0.25, 0.3) is 5.91 Å². The van der Waals surface area contributed by atoms with Gasteiger partial charge in [-0.1, -0.05) is 12.2 Å². The number of carbonyl (C=O) groups excluding carboxylic acids is 3. The average Bonchev–Trinajstić information content (AvgIpc) is 3.28. The van der Waals surface area contributed by atoms with Gasteiger partial charge in [0, 0.05) is 18.7 Å². The van der Waals surface area contributed by atoms with Gasteiger partial charge in [0.05, 0.1) is 23.6 Å². The number of fused-ring (bicyclic) bond motifs is 1. The lowest BCUT2D eigenvalue weighted by Crippen LogP contribution is -2.32. The summed E-state index contributed by atoms with van der Waals surface area (Å²) in [6.07, 6.45) is 7.27. The predicted octanol–water partition coefficient (Wildman–Crippen LogP) is 2.05. The highest BCUT2D eigenvalue weighted by Gasteiger charge is 2.47. The molecule has 2 fully saturated rings. The molecule has 0 saturated carbocycles. The van der Waals surface area contributed by atoms with Crippen molar-refractivity contribution in [2.45, 2.75) is 31.8 Å². The van der Waals surface area contributed by atoms with Crippen molar-refractivity contribution in [2.75, 3.05) is 18.1 Å². The maximum Gasteiger partial charge on any atom is 0.251 e. The molecule has 3 aliphatic rings. The first-order chi connectivity index (χ1) is 12.6. The van der Waals surface area contributed by atoms with E-state index in [0.717, 1.165) is 19.4 Å². The quantitative estimate of drug-likeness (QED) is 0.663. The molecule has 2 aliphatic heterocycles. The van der Waals surface area contributed by atoms with E-state index < -0.39 is 0 Å². The van der Waals surface area contributed by atoms with Crippen LogP contribution in [-0.4, -0.2) is 37.0 Å². The molecule has 2 heterocycles. The number of ether oxygens (including phenoxy) is 1. The molecule has 1 N–H and O–H groups in total. The monoisotopic (exact) mass is 354 g/mol. The molecule has 0 spiro atoms. The number of anilines is 1. The molecule has 3 amide bonds. The van der Waals surface area contributed by atoms with Crippen LogP contribution in [0.15, 0.2) is 36.4 Å². The molecular formula is C20H22N2O4. The predicted molar refractivity (Wildman–Crippen MR) is 95.6 cm³/mol. The summed E-state index contributed by atoms with van der Waals surface area (Å²) in [5.74, 6) is -0.951. The molecule has 0 unspecified atom stereocenters. The summed E-state index contributed by atoms with van der Waals surface area (Å²) in [4.78, 5) is 38.7. The molecule has 0 aromatic heterocycles. The van der Waals surface area contributed by atoms with Crippen LogP contribution in [0.4, 0.5) is 5.69 Å². The average molecular weight is 354 g/mol. The van der Waals surface area contributed by atoms with Crippen LogP contribution in [0.5, 0.6) is 0 Å². The normalized spacial score (nSPS) is 27.7. The Morgan fingerprint density at radius 1 is 1.08 bits per heavy atom. The van der Waals surface area contributed by atoms with Gasteiger partial charge in [-0.25, -0.2) is 0 Å². The molecule has 26 heavy (non-hydrogen) atoms. The zero-order chi connectivity index (χ0) is 18.1. The second-order valence-corrected chi connectivity index (χ2v) is 7.06. The Bertz CT molecular complexity index is 724. The van der Waals surface area contributed by atoms with Gasteiger partial charge in [-0.2, -0.15) is 0 Å². The number of nitrogens with zero attached hydrogens (tertiary/aromatic N) is 1. The summed E-state index contributed by atoms with van der Waals surface area (Å²) in [6.45, 7) is 1.25. The molecule has 1 aromatic rings. The van der Waals surface area contributed by atoms with Gasteiger partial charge in [0.1, 0.15) is 0 Å². The molecule has 3 atom stereocenters. The van der Waals surface area contributed by atoms with E-state index in [1.165, 1.54) is 4.90 Å². The molecule has 2 saturated heterocycles. The topological polar surface area (TPSA) is 75.7 Å². The highest BCUT2D eigenvalue weighted by molar-refractivity contribution is 6.22. The van der Waals surface area contributed by atoms with E-state index in [1.54, 1.807) is 24.3 Å². The Morgan fingerprint density at radius 2 is 1.73 bits per heavy atom. The van der Waals surface area contributed by atoms with Crippen LogP contribution in [0.3, 0.4) is 0 Å². The third-order valence-electron chi connectivity index (χ3n) is 5.41. The lowest BCUT2D eigenvalue weighted by molar-refractivity contribution is -0.122. The number of hydrogen-bond donors (Lipinski definition) is 1. The number of rotatable bonds is 4. The number of allylic oxidation sites excluding steroid dienone is 2. The van der Waals surface area contributed by atoms with Gasteiger partial charge < -0.3 is 10.1 Å². The van der Waals surface area contributed by atoms with Gasteiger partial charge >= 0.3 is 0 Å². The minimum absolute atomic E-state index is 0.0926. The summed E-state index contributed by atoms with van der Waals surface area (Å²) >= 11 is 0. The van der Waals surface area contributed by atoms with Gasteiger partial charge in [-0.05, 0) is 49.9 Å². The van der Waals surface area contributed by atoms with Gasteiger partial charge in [0.2, 0.25) is 11.8 Å². The molecule has 4 rings (SSSR count). The SMILES string of the molecule is O=C(NC[C@H]1CCCO1)c1ccc(N2C(=O)[C@H]3CC=CC[C@H]3C2=O)cc1. The van der Waals surface area contributed by atoms with E-state index in [-0.39, 0.29) is 35.7 Å². The van der Waals surface area contributed by atoms with Crippen molar-refractivity contribution >= 4 is 23.4 Å². The maximum absolute atomic E-state index is 12.6. The summed E-state index contributed by atoms with van der Waals surface area (Å²) in [5.41, 5.74) is 1.04. The number of nitrogens with one attached hydrogen (secondary N) is 1. The Hall–Kier alpha value is -2.47. The number of carbonyl (C=O) groups is 3. The fraction of sp³-hybridized carbons (Fsp3) is 0.450. The molecule has 136 valence electrons. The van der Waals surface area contributed by atoms with Crippen LogP contribution in [0.25, 0.3) is 0 Å². The number of imide groups is 1. The Kier molecular flexibility index (Phi) is 4.59. The zero-order valence-electron chi connectivity index (χ0n) is 14.5. The number of benzene rings is 1. The van der Waals surface area contributed by atoms with E-state index in [9.17, 15) is 14.4 Å². The minimum Gasteiger partial charge on any atom is -0.376 e. The number of amides is 3. The van der Waals surface area contributed by atoms with E-state index in [2.05, 4.69) is 5.32 Å². The molecule has 0 radical (unpaired) electrons. The second kappa shape index (κ2) is 7.03. The van der Waals surface area contributed by atoms with Crippen LogP contribution in [0.1, 0.15) is 36.0 Å². The summed E-state index contributed by atoms with van der Waals surface area (Å²) < 4.78 is 5.49. The summed E-state index contributed by atoms with van der Waals surface area (Å²) in [5, 5.41) is 2.87. The van der Waals surface area contributed by atoms with Crippen molar-refractivity contribution < 1.29 is 19.1 Å². The zero-order valence-corrected chi connectivity index (χ0v) is 14.5. The van der Waals surface area contributed by atoms with Crippen molar-refractivity contribution in [3.8, 4) is 0 Å². The van der Waals surface area contributed by atoms with Crippen LogP contribution < -0.4 is 10.2 Å². The molecule has 1 aliphatic carbocycles. The van der Waals surface area contributed by atoms with Crippen molar-refractivity contribution in [3.05, 3.63) is 42.0 Å².